The summed E-state index contributed by atoms with van der Waals surface area (Å²) < 4.78 is 16.0. The number of nitrogens with two attached hydrogens (primary N) is 1. The van der Waals surface area contributed by atoms with Gasteiger partial charge in [0.2, 0.25) is 5.72 Å². The number of aromatic nitrogens is 1. The van der Waals surface area contributed by atoms with E-state index in [0.29, 0.717) is 6.42 Å². The zero-order chi connectivity index (χ0) is 16.7. The molecule has 2 saturated heterocycles. The first-order valence-electron chi connectivity index (χ1n) is 7.18. The molecule has 10 heteroatoms. The van der Waals surface area contributed by atoms with Gasteiger partial charge in [-0.3, -0.25) is 10.7 Å². The Morgan fingerprint density at radius 1 is 1.35 bits per heavy atom. The normalized spacial score (nSPS) is 42.6. The van der Waals surface area contributed by atoms with E-state index in [2.05, 4.69) is 4.98 Å². The fraction of sp³-hybridized carbons (Fsp3) is 0.615. The molecule has 9 nitrogen and oxygen atoms in total. The van der Waals surface area contributed by atoms with E-state index >= 15 is 0 Å². The fourth-order valence-corrected chi connectivity index (χ4v) is 4.69. The number of ether oxygens (including phenoxy) is 1. The van der Waals surface area contributed by atoms with Crippen LogP contribution in [-0.4, -0.2) is 62.2 Å². The molecule has 23 heavy (non-hydrogen) atoms. The van der Waals surface area contributed by atoms with Gasteiger partial charge in [0.15, 0.2) is 0 Å². The third-order valence-electron chi connectivity index (χ3n) is 4.06. The molecule has 0 bridgehead atoms. The van der Waals surface area contributed by atoms with E-state index in [0.717, 1.165) is 5.56 Å². The van der Waals surface area contributed by atoms with E-state index in [-0.39, 0.29) is 13.2 Å². The molecule has 2 aliphatic rings. The second kappa shape index (κ2) is 6.29. The van der Waals surface area contributed by atoms with Gasteiger partial charge >= 0.3 is 7.94 Å². The SMILES string of the molecule is N[C@]1(C(O)[P+]2(O)OCC[C@@H](c3ccncc3)O2)OC[C@@H](O)[C@@H]1O. The van der Waals surface area contributed by atoms with E-state index in [9.17, 15) is 20.2 Å². The zero-order valence-corrected chi connectivity index (χ0v) is 13.1. The van der Waals surface area contributed by atoms with Gasteiger partial charge in [-0.05, 0) is 17.7 Å². The van der Waals surface area contributed by atoms with Crippen molar-refractivity contribution in [1.82, 2.24) is 4.98 Å². The van der Waals surface area contributed by atoms with Crippen LogP contribution in [0.1, 0.15) is 18.1 Å². The minimum Gasteiger partial charge on any atom is -0.388 e. The van der Waals surface area contributed by atoms with Crippen molar-refractivity contribution in [2.24, 2.45) is 5.73 Å². The van der Waals surface area contributed by atoms with Crippen molar-refractivity contribution in [3.63, 3.8) is 0 Å². The molecule has 3 rings (SSSR count). The van der Waals surface area contributed by atoms with Crippen molar-refractivity contribution in [3.05, 3.63) is 30.1 Å². The molecule has 6 atom stereocenters. The number of hydrogen-bond donors (Lipinski definition) is 5. The molecule has 0 radical (unpaired) electrons. The largest absolute Gasteiger partial charge is 0.445 e. The molecule has 128 valence electrons. The Morgan fingerprint density at radius 3 is 2.65 bits per heavy atom. The molecular formula is C13H20N2O7P+. The maximum absolute atomic E-state index is 10.6. The minimum absolute atomic E-state index is 0.142. The lowest BCUT2D eigenvalue weighted by molar-refractivity contribution is -0.122. The van der Waals surface area contributed by atoms with Crippen LogP contribution in [0.15, 0.2) is 24.5 Å². The molecule has 6 N–H and O–H groups in total. The summed E-state index contributed by atoms with van der Waals surface area (Å²) in [7, 11) is -3.84. The second-order valence-corrected chi connectivity index (χ2v) is 7.70. The van der Waals surface area contributed by atoms with Crippen LogP contribution < -0.4 is 5.73 Å². The summed E-state index contributed by atoms with van der Waals surface area (Å²) in [6, 6.07) is 3.46. The molecular weight excluding hydrogens is 327 g/mol. The summed E-state index contributed by atoms with van der Waals surface area (Å²) in [6.07, 6.45) is 0.311. The quantitative estimate of drug-likeness (QED) is 0.436. The fourth-order valence-electron chi connectivity index (χ4n) is 2.68. The number of rotatable bonds is 3. The zero-order valence-electron chi connectivity index (χ0n) is 12.2. The van der Waals surface area contributed by atoms with Gasteiger partial charge in [-0.15, -0.1) is 0 Å². The number of pyridine rings is 1. The molecule has 0 spiro atoms. The van der Waals surface area contributed by atoms with E-state index in [4.69, 9.17) is 19.5 Å². The molecule has 2 aliphatic heterocycles. The lowest BCUT2D eigenvalue weighted by Gasteiger charge is -2.36. The molecule has 1 aromatic rings. The maximum Gasteiger partial charge on any atom is 0.445 e. The highest BCUT2D eigenvalue weighted by atomic mass is 31.2. The monoisotopic (exact) mass is 347 g/mol. The van der Waals surface area contributed by atoms with E-state index in [1.54, 1.807) is 24.5 Å². The molecule has 0 aliphatic carbocycles. The predicted octanol–water partition coefficient (Wildman–Crippen LogP) is -0.960. The Kier molecular flexibility index (Phi) is 4.67. The van der Waals surface area contributed by atoms with Gasteiger partial charge in [-0.2, -0.15) is 13.9 Å². The van der Waals surface area contributed by atoms with Crippen LogP contribution in [0.4, 0.5) is 0 Å². The minimum atomic E-state index is -3.84. The van der Waals surface area contributed by atoms with Gasteiger partial charge < -0.3 is 20.1 Å². The van der Waals surface area contributed by atoms with Crippen molar-refractivity contribution in [3.8, 4) is 0 Å². The molecule has 0 amide bonds. The average Bonchev–Trinajstić information content (AvgIpc) is 2.84. The summed E-state index contributed by atoms with van der Waals surface area (Å²) in [5.41, 5.74) is 4.56. The summed E-state index contributed by atoms with van der Waals surface area (Å²) in [4.78, 5) is 14.6. The van der Waals surface area contributed by atoms with Gasteiger partial charge in [0, 0.05) is 18.8 Å². The van der Waals surface area contributed by atoms with E-state index < -0.39 is 37.8 Å². The summed E-state index contributed by atoms with van der Waals surface area (Å²) >= 11 is 0. The van der Waals surface area contributed by atoms with Crippen LogP contribution in [-0.2, 0) is 13.8 Å². The number of hydrogen-bond acceptors (Lipinski definition) is 9. The number of nitrogens with zero attached hydrogens (tertiary/aromatic N) is 1. The summed E-state index contributed by atoms with van der Waals surface area (Å²) in [5, 5.41) is 30.0. The van der Waals surface area contributed by atoms with Gasteiger partial charge in [0.05, 0.1) is 6.61 Å². The van der Waals surface area contributed by atoms with E-state index in [1.807, 2.05) is 0 Å². The smallest absolute Gasteiger partial charge is 0.388 e. The van der Waals surface area contributed by atoms with Crippen LogP contribution >= 0.6 is 7.94 Å². The molecule has 3 heterocycles. The predicted molar refractivity (Wildman–Crippen MR) is 78.7 cm³/mol. The van der Waals surface area contributed by atoms with Crippen molar-refractivity contribution in [2.75, 3.05) is 13.2 Å². The highest BCUT2D eigenvalue weighted by molar-refractivity contribution is 7.61. The Bertz CT molecular complexity index is 552. The third-order valence-corrected chi connectivity index (χ3v) is 6.19. The Balaban J connectivity index is 1.80. The van der Waals surface area contributed by atoms with Crippen molar-refractivity contribution < 1.29 is 34.0 Å². The van der Waals surface area contributed by atoms with Gasteiger partial charge in [0.25, 0.3) is 5.85 Å². The first kappa shape index (κ1) is 17.1. The molecule has 2 fully saturated rings. The summed E-state index contributed by atoms with van der Waals surface area (Å²) in [5.74, 6) is -1.83. The highest BCUT2D eigenvalue weighted by Crippen LogP contribution is 2.68. The van der Waals surface area contributed by atoms with Crippen molar-refractivity contribution in [2.45, 2.75) is 36.3 Å². The van der Waals surface area contributed by atoms with Crippen molar-refractivity contribution >= 4 is 7.94 Å². The molecule has 1 aromatic heterocycles. The first-order chi connectivity index (χ1) is 10.9. The molecule has 2 unspecified atom stereocenters. The highest BCUT2D eigenvalue weighted by Gasteiger charge is 2.68. The Labute approximate surface area is 133 Å². The first-order valence-corrected chi connectivity index (χ1v) is 8.83. The third kappa shape index (κ3) is 3.00. The number of aliphatic hydroxyl groups is 3. The van der Waals surface area contributed by atoms with Gasteiger partial charge in [0.1, 0.15) is 24.9 Å². The molecule has 0 aromatic carbocycles. The van der Waals surface area contributed by atoms with Gasteiger partial charge in [-0.1, -0.05) is 0 Å². The second-order valence-electron chi connectivity index (χ2n) is 5.61. The summed E-state index contributed by atoms with van der Waals surface area (Å²) in [6.45, 7) is -0.119. The standard InChI is InChI=1S/C13H20N2O7P/c14-13(11(17)9(16)7-20-13)12(18)23(19)21-6-3-10(22-23)8-1-4-15-5-2-8/h1-2,4-5,9-12,16-19H,3,6-7,14H2/q+1/t9-,10+,11+,12?,13+,23?/m1/s1. The molecule has 0 saturated carbocycles. The van der Waals surface area contributed by atoms with Crippen LogP contribution in [0, 0.1) is 0 Å². The van der Waals surface area contributed by atoms with Crippen molar-refractivity contribution in [1.29, 1.82) is 0 Å². The maximum atomic E-state index is 10.6. The van der Waals surface area contributed by atoms with Crippen LogP contribution in [0.2, 0.25) is 0 Å². The Morgan fingerprint density at radius 2 is 2.04 bits per heavy atom. The van der Waals surface area contributed by atoms with Crippen LogP contribution in [0.3, 0.4) is 0 Å². The Hall–Kier alpha value is -0.740. The van der Waals surface area contributed by atoms with Crippen LogP contribution in [0.25, 0.3) is 0 Å². The topological polar surface area (TPSA) is 148 Å². The lowest BCUT2D eigenvalue weighted by Crippen LogP contribution is -2.60. The van der Waals surface area contributed by atoms with E-state index in [1.165, 1.54) is 0 Å². The lowest BCUT2D eigenvalue weighted by atomic mass is 10.1. The number of aliphatic hydroxyl groups excluding tert-OH is 3. The average molecular weight is 347 g/mol. The van der Waals surface area contributed by atoms with Gasteiger partial charge in [-0.25, -0.2) is 0 Å². The van der Waals surface area contributed by atoms with Crippen LogP contribution in [0.5, 0.6) is 0 Å².